The smallest absolute Gasteiger partial charge is 0.217 e. The predicted molar refractivity (Wildman–Crippen MR) is 112 cm³/mol. The van der Waals surface area contributed by atoms with Crippen LogP contribution in [0.25, 0.3) is 11.4 Å². The molecule has 6 heteroatoms. The van der Waals surface area contributed by atoms with Gasteiger partial charge in [-0.15, -0.1) is 0 Å². The summed E-state index contributed by atoms with van der Waals surface area (Å²) in [6, 6.07) is 7.77. The van der Waals surface area contributed by atoms with Crippen molar-refractivity contribution in [2.45, 2.75) is 51.4 Å². The number of rotatable bonds is 5. The van der Waals surface area contributed by atoms with Crippen LogP contribution in [0, 0.1) is 5.92 Å². The molecule has 1 atom stereocenters. The van der Waals surface area contributed by atoms with Gasteiger partial charge in [0, 0.05) is 41.4 Å². The van der Waals surface area contributed by atoms with Crippen LogP contribution in [0.5, 0.6) is 0 Å². The van der Waals surface area contributed by atoms with Gasteiger partial charge in [0.05, 0.1) is 0 Å². The molecule has 1 amide bonds. The minimum atomic E-state index is -0.209. The van der Waals surface area contributed by atoms with E-state index >= 15 is 0 Å². The quantitative estimate of drug-likeness (QED) is 0.820. The molecule has 1 aliphatic heterocycles. The van der Waals surface area contributed by atoms with Gasteiger partial charge in [0.15, 0.2) is 5.82 Å². The summed E-state index contributed by atoms with van der Waals surface area (Å²) in [4.78, 5) is 23.5. The molecule has 0 saturated carbocycles. The van der Waals surface area contributed by atoms with Crippen molar-refractivity contribution in [1.29, 1.82) is 0 Å². The van der Waals surface area contributed by atoms with Crippen LogP contribution in [0.15, 0.2) is 24.3 Å². The standard InChI is InChI=1S/C22H27ClN4O/c23-17-7-3-6-16(13-17)21-25-19-9-2-1-8-18(19)22(26-21)27-12-4-5-15(14-27)10-11-20(24)28/h3,6-7,13,15H,1-2,4-5,8-12,14H2,(H2,24,28). The summed E-state index contributed by atoms with van der Waals surface area (Å²) >= 11 is 6.20. The van der Waals surface area contributed by atoms with Crippen LogP contribution >= 0.6 is 11.6 Å². The third-order valence-corrected chi connectivity index (χ3v) is 6.10. The monoisotopic (exact) mass is 398 g/mol. The molecule has 4 rings (SSSR count). The molecule has 0 bridgehead atoms. The number of nitrogens with two attached hydrogens (primary N) is 1. The van der Waals surface area contributed by atoms with E-state index in [9.17, 15) is 4.79 Å². The van der Waals surface area contributed by atoms with Crippen LogP contribution in [0.1, 0.15) is 49.8 Å². The van der Waals surface area contributed by atoms with Crippen LogP contribution in [0.3, 0.4) is 0 Å². The van der Waals surface area contributed by atoms with Gasteiger partial charge in [-0.05, 0) is 63.0 Å². The molecule has 2 aromatic rings. The first-order valence-electron chi connectivity index (χ1n) is 10.3. The minimum absolute atomic E-state index is 0.209. The van der Waals surface area contributed by atoms with Crippen LogP contribution in [0.2, 0.25) is 5.02 Å². The summed E-state index contributed by atoms with van der Waals surface area (Å²) in [5.74, 6) is 2.13. The molecule has 1 aromatic carbocycles. The summed E-state index contributed by atoms with van der Waals surface area (Å²) in [6.07, 6.45) is 8.03. The number of benzene rings is 1. The van der Waals surface area contributed by atoms with Crippen molar-refractivity contribution in [3.05, 3.63) is 40.5 Å². The van der Waals surface area contributed by atoms with Crippen molar-refractivity contribution in [3.8, 4) is 11.4 Å². The molecule has 2 aliphatic rings. The molecule has 0 radical (unpaired) electrons. The first kappa shape index (κ1) is 19.2. The number of anilines is 1. The Kier molecular flexibility index (Phi) is 5.81. The highest BCUT2D eigenvalue weighted by atomic mass is 35.5. The van der Waals surface area contributed by atoms with Crippen molar-refractivity contribution in [2.24, 2.45) is 11.7 Å². The fraction of sp³-hybridized carbons (Fsp3) is 0.500. The van der Waals surface area contributed by atoms with Gasteiger partial charge in [0.2, 0.25) is 5.91 Å². The maximum absolute atomic E-state index is 11.2. The van der Waals surface area contributed by atoms with Crippen molar-refractivity contribution in [2.75, 3.05) is 18.0 Å². The fourth-order valence-corrected chi connectivity index (χ4v) is 4.62. The molecule has 1 unspecified atom stereocenters. The molecule has 148 valence electrons. The lowest BCUT2D eigenvalue weighted by molar-refractivity contribution is -0.118. The molecule has 28 heavy (non-hydrogen) atoms. The number of carbonyl (C=O) groups is 1. The Balaban J connectivity index is 1.67. The Morgan fingerprint density at radius 1 is 1.21 bits per heavy atom. The van der Waals surface area contributed by atoms with E-state index in [1.807, 2.05) is 24.3 Å². The van der Waals surface area contributed by atoms with Gasteiger partial charge in [0.25, 0.3) is 0 Å². The van der Waals surface area contributed by atoms with E-state index in [0.29, 0.717) is 17.4 Å². The van der Waals surface area contributed by atoms with Gasteiger partial charge in [-0.2, -0.15) is 0 Å². The Morgan fingerprint density at radius 3 is 2.89 bits per heavy atom. The lowest BCUT2D eigenvalue weighted by Gasteiger charge is -2.35. The molecule has 1 aromatic heterocycles. The van der Waals surface area contributed by atoms with Gasteiger partial charge in [-0.25, -0.2) is 9.97 Å². The third kappa shape index (κ3) is 4.30. The van der Waals surface area contributed by atoms with E-state index in [4.69, 9.17) is 27.3 Å². The zero-order valence-electron chi connectivity index (χ0n) is 16.2. The predicted octanol–water partition coefficient (Wildman–Crippen LogP) is 4.16. The number of fused-ring (bicyclic) bond motifs is 1. The van der Waals surface area contributed by atoms with Crippen LogP contribution in [0.4, 0.5) is 5.82 Å². The van der Waals surface area contributed by atoms with E-state index in [0.717, 1.165) is 62.4 Å². The number of carbonyl (C=O) groups excluding carboxylic acids is 1. The molecule has 1 saturated heterocycles. The zero-order valence-corrected chi connectivity index (χ0v) is 16.9. The van der Waals surface area contributed by atoms with Gasteiger partial charge < -0.3 is 10.6 Å². The molecule has 0 spiro atoms. The van der Waals surface area contributed by atoms with Crippen LogP contribution < -0.4 is 10.6 Å². The van der Waals surface area contributed by atoms with Gasteiger partial charge in [-0.1, -0.05) is 23.7 Å². The van der Waals surface area contributed by atoms with Crippen molar-refractivity contribution < 1.29 is 4.79 Å². The Labute approximate surface area is 171 Å². The second-order valence-electron chi connectivity index (χ2n) is 7.97. The molecule has 2 N–H and O–H groups in total. The fourth-order valence-electron chi connectivity index (χ4n) is 4.43. The maximum atomic E-state index is 11.2. The molecular weight excluding hydrogens is 372 g/mol. The zero-order chi connectivity index (χ0) is 19.5. The van der Waals surface area contributed by atoms with E-state index in [1.165, 1.54) is 24.1 Å². The molecule has 2 heterocycles. The number of piperidine rings is 1. The maximum Gasteiger partial charge on any atom is 0.217 e. The number of halogens is 1. The summed E-state index contributed by atoms with van der Waals surface area (Å²) in [5, 5.41) is 0.699. The summed E-state index contributed by atoms with van der Waals surface area (Å²) in [5.41, 5.74) is 8.82. The van der Waals surface area contributed by atoms with Crippen molar-refractivity contribution >= 4 is 23.3 Å². The SMILES string of the molecule is NC(=O)CCC1CCCN(c2nc(-c3cccc(Cl)c3)nc3c2CCCC3)C1. The number of hydrogen-bond donors (Lipinski definition) is 1. The lowest BCUT2D eigenvalue weighted by Crippen LogP contribution is -2.37. The highest BCUT2D eigenvalue weighted by molar-refractivity contribution is 6.30. The molecule has 1 fully saturated rings. The topological polar surface area (TPSA) is 72.1 Å². The molecule has 1 aliphatic carbocycles. The highest BCUT2D eigenvalue weighted by Gasteiger charge is 2.26. The minimum Gasteiger partial charge on any atom is -0.370 e. The first-order valence-corrected chi connectivity index (χ1v) is 10.7. The lowest BCUT2D eigenvalue weighted by atomic mass is 9.91. The normalized spacial score (nSPS) is 19.3. The van der Waals surface area contributed by atoms with Crippen molar-refractivity contribution in [3.63, 3.8) is 0 Å². The average Bonchev–Trinajstić information content (AvgIpc) is 2.71. The number of nitrogens with zero attached hydrogens (tertiary/aromatic N) is 3. The van der Waals surface area contributed by atoms with Gasteiger partial charge in [-0.3, -0.25) is 4.79 Å². The second-order valence-corrected chi connectivity index (χ2v) is 8.41. The van der Waals surface area contributed by atoms with Crippen molar-refractivity contribution in [1.82, 2.24) is 9.97 Å². The van der Waals surface area contributed by atoms with E-state index < -0.39 is 0 Å². The highest BCUT2D eigenvalue weighted by Crippen LogP contribution is 2.34. The van der Waals surface area contributed by atoms with E-state index in [2.05, 4.69) is 4.90 Å². The largest absolute Gasteiger partial charge is 0.370 e. The molecule has 5 nitrogen and oxygen atoms in total. The third-order valence-electron chi connectivity index (χ3n) is 5.86. The van der Waals surface area contributed by atoms with Crippen LogP contribution in [-0.2, 0) is 17.6 Å². The van der Waals surface area contributed by atoms with Crippen LogP contribution in [-0.4, -0.2) is 29.0 Å². The number of amides is 1. The van der Waals surface area contributed by atoms with E-state index in [1.54, 1.807) is 0 Å². The number of aryl methyl sites for hydroxylation is 1. The molecular formula is C22H27ClN4O. The summed E-state index contributed by atoms with van der Waals surface area (Å²) in [6.45, 7) is 1.94. The number of primary amides is 1. The first-order chi connectivity index (χ1) is 13.6. The Hall–Kier alpha value is -2.14. The summed E-state index contributed by atoms with van der Waals surface area (Å²) < 4.78 is 0. The summed E-state index contributed by atoms with van der Waals surface area (Å²) in [7, 11) is 0. The number of aromatic nitrogens is 2. The Morgan fingerprint density at radius 2 is 2.07 bits per heavy atom. The van der Waals surface area contributed by atoms with Gasteiger partial charge in [0.1, 0.15) is 5.82 Å². The Bertz CT molecular complexity index is 870. The van der Waals surface area contributed by atoms with E-state index in [-0.39, 0.29) is 5.91 Å². The average molecular weight is 399 g/mol. The van der Waals surface area contributed by atoms with Gasteiger partial charge >= 0.3 is 0 Å². The number of hydrogen-bond acceptors (Lipinski definition) is 4. The second kappa shape index (κ2) is 8.48.